The molecule has 3 aromatic rings. The van der Waals surface area contributed by atoms with Gasteiger partial charge in [0.15, 0.2) is 16.7 Å². The Morgan fingerprint density at radius 3 is 2.71 bits per heavy atom. The number of thioether (sulfide) groups is 1. The maximum Gasteiger partial charge on any atom is 0.210 e. The second-order valence-electron chi connectivity index (χ2n) is 4.10. The maximum atomic E-state index is 9.09. The van der Waals surface area contributed by atoms with Crippen molar-refractivity contribution in [2.24, 2.45) is 0 Å². The van der Waals surface area contributed by atoms with Gasteiger partial charge in [0, 0.05) is 5.39 Å². The molecule has 1 aromatic carbocycles. The number of rotatable bonds is 1. The lowest BCUT2D eigenvalue weighted by molar-refractivity contribution is 0.790. The van der Waals surface area contributed by atoms with Crippen molar-refractivity contribution in [3.63, 3.8) is 0 Å². The van der Waals surface area contributed by atoms with E-state index in [9.17, 15) is 0 Å². The van der Waals surface area contributed by atoms with Crippen LogP contribution in [0.3, 0.4) is 0 Å². The Morgan fingerprint density at radius 1 is 1.24 bits per heavy atom. The van der Waals surface area contributed by atoms with E-state index in [1.165, 1.54) is 11.8 Å². The number of fused-ring (bicyclic) bond motifs is 3. The van der Waals surface area contributed by atoms with Crippen molar-refractivity contribution in [1.29, 1.82) is 10.5 Å². The summed E-state index contributed by atoms with van der Waals surface area (Å²) in [6, 6.07) is 11.3. The normalized spacial score (nSPS) is 10.2. The molecule has 0 atom stereocenters. The van der Waals surface area contributed by atoms with Gasteiger partial charge >= 0.3 is 0 Å². The number of hydrogen-bond donors (Lipinski definition) is 2. The monoisotopic (exact) mass is 295 g/mol. The van der Waals surface area contributed by atoms with E-state index in [1.54, 1.807) is 4.52 Å². The smallest absolute Gasteiger partial charge is 0.210 e. The van der Waals surface area contributed by atoms with Crippen LogP contribution in [0.25, 0.3) is 22.1 Å². The Balaban J connectivity index is 2.67. The van der Waals surface area contributed by atoms with E-state index in [1.807, 2.05) is 42.7 Å². The second kappa shape index (κ2) is 5.19. The molecule has 102 valence electrons. The van der Waals surface area contributed by atoms with E-state index in [0.717, 1.165) is 10.9 Å². The number of aromatic nitrogens is 5. The second-order valence-corrected chi connectivity index (χ2v) is 4.88. The van der Waals surface area contributed by atoms with Crippen LogP contribution in [0, 0.1) is 22.7 Å². The number of H-pyrrole nitrogens is 2. The summed E-state index contributed by atoms with van der Waals surface area (Å²) in [5.41, 5.74) is 1.63. The number of para-hydroxylation sites is 1. The lowest BCUT2D eigenvalue weighted by Crippen LogP contribution is -2.15. The van der Waals surface area contributed by atoms with E-state index in [0.29, 0.717) is 16.3 Å². The van der Waals surface area contributed by atoms with Gasteiger partial charge in [0.2, 0.25) is 5.16 Å². The van der Waals surface area contributed by atoms with Crippen LogP contribution in [0.5, 0.6) is 0 Å². The van der Waals surface area contributed by atoms with Crippen LogP contribution >= 0.6 is 11.8 Å². The van der Waals surface area contributed by atoms with Crippen molar-refractivity contribution in [3.8, 4) is 12.1 Å². The topological polar surface area (TPSA) is 109 Å². The molecule has 0 aliphatic heterocycles. The van der Waals surface area contributed by atoms with E-state index in [-0.39, 0.29) is 5.57 Å². The Kier molecular flexibility index (Phi) is 3.22. The SMILES string of the molecule is CSc1nnc2c3ccccc3[nH]c(=C(C#N)C#N)[nH]n12. The fourth-order valence-electron chi connectivity index (χ4n) is 1.99. The standard InChI is InChI=1S/C13H9N7S/c1-21-13-18-17-12-9-4-2-3-5-10(9)16-11(19-20(12)13)8(6-14)7-15/h2-5,16,19H,1H3. The molecule has 0 saturated carbocycles. The average Bonchev–Trinajstić information content (AvgIpc) is 2.84. The van der Waals surface area contributed by atoms with Crippen LogP contribution in [0.15, 0.2) is 29.4 Å². The van der Waals surface area contributed by atoms with Gasteiger partial charge in [0.1, 0.15) is 12.1 Å². The van der Waals surface area contributed by atoms with E-state index < -0.39 is 0 Å². The summed E-state index contributed by atoms with van der Waals surface area (Å²) < 4.78 is 1.66. The Hall–Kier alpha value is -2.97. The van der Waals surface area contributed by atoms with E-state index >= 15 is 0 Å². The van der Waals surface area contributed by atoms with Crippen molar-refractivity contribution >= 4 is 33.9 Å². The molecule has 2 heterocycles. The minimum Gasteiger partial charge on any atom is -0.338 e. The number of nitriles is 2. The van der Waals surface area contributed by atoms with Crippen molar-refractivity contribution in [2.45, 2.75) is 5.16 Å². The van der Waals surface area contributed by atoms with Gasteiger partial charge in [-0.1, -0.05) is 23.9 Å². The summed E-state index contributed by atoms with van der Waals surface area (Å²) in [6.45, 7) is 0. The summed E-state index contributed by atoms with van der Waals surface area (Å²) in [5.74, 6) is 0. The van der Waals surface area contributed by atoms with Crippen LogP contribution in [0.2, 0.25) is 0 Å². The molecular formula is C13H9N7S. The van der Waals surface area contributed by atoms with E-state index in [4.69, 9.17) is 10.5 Å². The first kappa shape index (κ1) is 13.0. The summed E-state index contributed by atoms with van der Waals surface area (Å²) in [5, 5.41) is 30.9. The maximum absolute atomic E-state index is 9.09. The third-order valence-electron chi connectivity index (χ3n) is 2.94. The van der Waals surface area contributed by atoms with Crippen LogP contribution < -0.4 is 5.48 Å². The van der Waals surface area contributed by atoms with Crippen molar-refractivity contribution in [2.75, 3.05) is 6.26 Å². The molecule has 0 fully saturated rings. The van der Waals surface area contributed by atoms with Crippen LogP contribution in [0.4, 0.5) is 0 Å². The van der Waals surface area contributed by atoms with Gasteiger partial charge in [-0.2, -0.15) is 10.5 Å². The molecule has 0 amide bonds. The highest BCUT2D eigenvalue weighted by molar-refractivity contribution is 7.98. The number of benzene rings is 1. The quantitative estimate of drug-likeness (QED) is 0.658. The average molecular weight is 295 g/mol. The number of aromatic amines is 2. The molecule has 21 heavy (non-hydrogen) atoms. The first-order valence-electron chi connectivity index (χ1n) is 5.95. The van der Waals surface area contributed by atoms with Crippen LogP contribution in [0.1, 0.15) is 0 Å². The highest BCUT2D eigenvalue weighted by atomic mass is 32.2. The molecule has 2 aromatic heterocycles. The van der Waals surface area contributed by atoms with Gasteiger partial charge in [-0.05, 0) is 18.4 Å². The number of hydrogen-bond acceptors (Lipinski definition) is 5. The minimum absolute atomic E-state index is 0.0431. The fourth-order valence-corrected chi connectivity index (χ4v) is 2.43. The molecule has 2 N–H and O–H groups in total. The first-order valence-corrected chi connectivity index (χ1v) is 7.18. The number of nitrogens with one attached hydrogen (secondary N) is 2. The molecule has 0 bridgehead atoms. The molecule has 0 radical (unpaired) electrons. The predicted molar refractivity (Wildman–Crippen MR) is 78.5 cm³/mol. The highest BCUT2D eigenvalue weighted by Gasteiger charge is 2.08. The fraction of sp³-hybridized carbons (Fsp3) is 0.0769. The highest BCUT2D eigenvalue weighted by Crippen LogP contribution is 2.17. The first-order chi connectivity index (χ1) is 10.3. The van der Waals surface area contributed by atoms with Gasteiger partial charge in [0.25, 0.3) is 0 Å². The van der Waals surface area contributed by atoms with Gasteiger partial charge in [-0.3, -0.25) is 5.10 Å². The van der Waals surface area contributed by atoms with Gasteiger partial charge in [-0.25, -0.2) is 4.52 Å². The third-order valence-corrected chi connectivity index (χ3v) is 3.57. The Labute approximate surface area is 123 Å². The van der Waals surface area contributed by atoms with Gasteiger partial charge in [0.05, 0.1) is 5.52 Å². The largest absolute Gasteiger partial charge is 0.338 e. The van der Waals surface area contributed by atoms with Crippen molar-refractivity contribution < 1.29 is 0 Å². The number of nitrogens with zero attached hydrogens (tertiary/aromatic N) is 5. The molecule has 0 aliphatic rings. The lowest BCUT2D eigenvalue weighted by Gasteiger charge is -1.92. The summed E-state index contributed by atoms with van der Waals surface area (Å²) in [7, 11) is 0. The summed E-state index contributed by atoms with van der Waals surface area (Å²) in [4.78, 5) is 3.07. The Morgan fingerprint density at radius 2 is 2.00 bits per heavy atom. The lowest BCUT2D eigenvalue weighted by atomic mass is 10.2. The Bertz CT molecular complexity index is 991. The van der Waals surface area contributed by atoms with Gasteiger partial charge in [-0.15, -0.1) is 10.2 Å². The zero-order valence-electron chi connectivity index (χ0n) is 11.0. The molecule has 7 nitrogen and oxygen atoms in total. The zero-order chi connectivity index (χ0) is 14.8. The molecule has 3 rings (SSSR count). The van der Waals surface area contributed by atoms with Crippen LogP contribution in [-0.4, -0.2) is 31.1 Å². The molecular weight excluding hydrogens is 286 g/mol. The zero-order valence-corrected chi connectivity index (χ0v) is 11.8. The molecule has 0 unspecified atom stereocenters. The predicted octanol–water partition coefficient (Wildman–Crippen LogP) is 1.30. The van der Waals surface area contributed by atoms with Crippen LogP contribution in [-0.2, 0) is 0 Å². The minimum atomic E-state index is -0.0431. The third kappa shape index (κ3) is 2.08. The van der Waals surface area contributed by atoms with Crippen molar-refractivity contribution in [1.82, 2.24) is 24.8 Å². The summed E-state index contributed by atoms with van der Waals surface area (Å²) in [6.07, 6.45) is 1.88. The summed E-state index contributed by atoms with van der Waals surface area (Å²) >= 11 is 1.41. The van der Waals surface area contributed by atoms with Gasteiger partial charge < -0.3 is 4.98 Å². The molecule has 8 heteroatoms. The van der Waals surface area contributed by atoms with E-state index in [2.05, 4.69) is 20.3 Å². The molecule has 0 spiro atoms. The van der Waals surface area contributed by atoms with Crippen molar-refractivity contribution in [3.05, 3.63) is 29.7 Å². The molecule has 0 saturated heterocycles. The molecule has 0 aliphatic carbocycles.